The van der Waals surface area contributed by atoms with Gasteiger partial charge in [0.1, 0.15) is 5.82 Å². The van der Waals surface area contributed by atoms with Crippen molar-refractivity contribution in [1.82, 2.24) is 13.9 Å². The van der Waals surface area contributed by atoms with E-state index in [1.54, 1.807) is 30.6 Å². The molecule has 3 aromatic rings. The van der Waals surface area contributed by atoms with E-state index >= 15 is 0 Å². The van der Waals surface area contributed by atoms with Crippen molar-refractivity contribution < 1.29 is 12.8 Å². The van der Waals surface area contributed by atoms with Gasteiger partial charge in [0.15, 0.2) is 0 Å². The van der Waals surface area contributed by atoms with Crippen LogP contribution in [0.1, 0.15) is 18.9 Å². The lowest BCUT2D eigenvalue weighted by molar-refractivity contribution is 0.277. The number of piperidine rings is 1. The van der Waals surface area contributed by atoms with E-state index in [0.29, 0.717) is 36.5 Å². The molecule has 0 aliphatic carbocycles. The van der Waals surface area contributed by atoms with E-state index in [1.165, 1.54) is 22.5 Å². The predicted octanol–water partition coefficient (Wildman–Crippen LogP) is 3.85. The van der Waals surface area contributed by atoms with Crippen LogP contribution in [0, 0.1) is 5.82 Å². The Bertz CT molecular complexity index is 1060. The molecule has 1 aromatic heterocycles. The molecule has 0 radical (unpaired) electrons. The van der Waals surface area contributed by atoms with Crippen LogP contribution in [0.15, 0.2) is 53.7 Å². The zero-order valence-corrected chi connectivity index (χ0v) is 15.4. The molecule has 8 heteroatoms. The average Bonchev–Trinajstić information content (AvgIpc) is 3.05. The molecule has 1 fully saturated rings. The van der Waals surface area contributed by atoms with Gasteiger partial charge in [-0.05, 0) is 43.2 Å². The van der Waals surface area contributed by atoms with Crippen LogP contribution < -0.4 is 0 Å². The summed E-state index contributed by atoms with van der Waals surface area (Å²) in [5.74, 6) is -0.315. The van der Waals surface area contributed by atoms with Crippen LogP contribution in [0.4, 0.5) is 4.39 Å². The summed E-state index contributed by atoms with van der Waals surface area (Å²) in [6.45, 7) is 0.834. The predicted molar refractivity (Wildman–Crippen MR) is 98.2 cm³/mol. The van der Waals surface area contributed by atoms with Gasteiger partial charge < -0.3 is 4.57 Å². The van der Waals surface area contributed by atoms with Gasteiger partial charge in [0.2, 0.25) is 10.0 Å². The van der Waals surface area contributed by atoms with Crippen molar-refractivity contribution >= 4 is 32.7 Å². The Morgan fingerprint density at radius 3 is 2.62 bits per heavy atom. The molecule has 0 atom stereocenters. The molecular weight excluding hydrogens is 377 g/mol. The molecular formula is C18H17ClFN3O2S. The summed E-state index contributed by atoms with van der Waals surface area (Å²) in [5.41, 5.74) is 1.47. The number of rotatable bonds is 3. The number of fused-ring (bicyclic) bond motifs is 1. The van der Waals surface area contributed by atoms with E-state index in [1.807, 2.05) is 4.57 Å². The van der Waals surface area contributed by atoms with Gasteiger partial charge >= 0.3 is 0 Å². The van der Waals surface area contributed by atoms with Crippen molar-refractivity contribution in [3.05, 3.63) is 59.6 Å². The van der Waals surface area contributed by atoms with Gasteiger partial charge in [-0.3, -0.25) is 0 Å². The van der Waals surface area contributed by atoms with Crippen LogP contribution in [0.3, 0.4) is 0 Å². The highest BCUT2D eigenvalue weighted by molar-refractivity contribution is 7.89. The van der Waals surface area contributed by atoms with Crippen molar-refractivity contribution in [2.24, 2.45) is 0 Å². The van der Waals surface area contributed by atoms with Crippen LogP contribution in [0.25, 0.3) is 11.0 Å². The minimum Gasteiger partial charge on any atom is -0.327 e. The topological polar surface area (TPSA) is 55.2 Å². The number of benzene rings is 2. The second kappa shape index (κ2) is 6.64. The maximum absolute atomic E-state index is 13.3. The number of hydrogen-bond donors (Lipinski definition) is 0. The van der Waals surface area contributed by atoms with Crippen LogP contribution in [-0.4, -0.2) is 35.4 Å². The smallest absolute Gasteiger partial charge is 0.243 e. The molecule has 2 heterocycles. The molecule has 4 rings (SSSR count). The van der Waals surface area contributed by atoms with E-state index in [-0.39, 0.29) is 16.8 Å². The molecule has 5 nitrogen and oxygen atoms in total. The first-order valence-corrected chi connectivity index (χ1v) is 10.1. The van der Waals surface area contributed by atoms with E-state index in [9.17, 15) is 12.8 Å². The van der Waals surface area contributed by atoms with Crippen molar-refractivity contribution in [3.8, 4) is 0 Å². The molecule has 26 heavy (non-hydrogen) atoms. The molecule has 136 valence electrons. The van der Waals surface area contributed by atoms with Gasteiger partial charge in [-0.2, -0.15) is 4.31 Å². The average molecular weight is 394 g/mol. The molecule has 0 bridgehead atoms. The van der Waals surface area contributed by atoms with Crippen molar-refractivity contribution in [1.29, 1.82) is 0 Å². The number of sulfonamides is 1. The fourth-order valence-electron chi connectivity index (χ4n) is 3.43. The summed E-state index contributed by atoms with van der Waals surface area (Å²) in [6, 6.07) is 11.0. The fraction of sp³-hybridized carbons (Fsp3) is 0.278. The molecule has 0 amide bonds. The van der Waals surface area contributed by atoms with Crippen LogP contribution >= 0.6 is 11.6 Å². The first-order chi connectivity index (χ1) is 12.4. The van der Waals surface area contributed by atoms with Gasteiger partial charge in [0.05, 0.1) is 22.3 Å². The molecule has 1 aliphatic heterocycles. The van der Waals surface area contributed by atoms with Gasteiger partial charge in [-0.15, -0.1) is 0 Å². The lowest BCUT2D eigenvalue weighted by Gasteiger charge is -2.32. The highest BCUT2D eigenvalue weighted by Gasteiger charge is 2.30. The second-order valence-corrected chi connectivity index (χ2v) is 8.75. The second-order valence-electron chi connectivity index (χ2n) is 6.38. The number of halogens is 2. The molecule has 1 aliphatic rings. The Labute approximate surface area is 156 Å². The van der Waals surface area contributed by atoms with E-state index < -0.39 is 10.0 Å². The summed E-state index contributed by atoms with van der Waals surface area (Å²) in [5, 5.41) is 0.401. The fourth-order valence-corrected chi connectivity index (χ4v) is 5.20. The maximum Gasteiger partial charge on any atom is 0.243 e. The van der Waals surface area contributed by atoms with E-state index in [0.717, 1.165) is 5.52 Å². The van der Waals surface area contributed by atoms with Gasteiger partial charge in [0.25, 0.3) is 0 Å². The largest absolute Gasteiger partial charge is 0.327 e. The number of nitrogens with zero attached hydrogens (tertiary/aromatic N) is 3. The van der Waals surface area contributed by atoms with Gasteiger partial charge in [-0.25, -0.2) is 17.8 Å². The van der Waals surface area contributed by atoms with Gasteiger partial charge in [-0.1, -0.05) is 17.7 Å². The quantitative estimate of drug-likeness (QED) is 0.679. The summed E-state index contributed by atoms with van der Waals surface area (Å²) < 4.78 is 42.4. The first-order valence-electron chi connectivity index (χ1n) is 8.33. The number of imidazole rings is 1. The zero-order valence-electron chi connectivity index (χ0n) is 13.8. The summed E-state index contributed by atoms with van der Waals surface area (Å²) in [4.78, 5) is 4.47. The molecule has 2 aromatic carbocycles. The lowest BCUT2D eigenvalue weighted by atomic mass is 10.1. The third-order valence-electron chi connectivity index (χ3n) is 4.79. The van der Waals surface area contributed by atoms with E-state index in [2.05, 4.69) is 4.98 Å². The minimum absolute atomic E-state index is 0.135. The zero-order chi connectivity index (χ0) is 18.3. The monoisotopic (exact) mass is 393 g/mol. The molecule has 0 saturated carbocycles. The SMILES string of the molecule is O=S(=O)(c1cccc(Cl)c1)N1CCC(n2cnc3cc(F)ccc32)CC1. The summed E-state index contributed by atoms with van der Waals surface area (Å²) in [7, 11) is -3.55. The highest BCUT2D eigenvalue weighted by atomic mass is 35.5. The molecule has 0 N–H and O–H groups in total. The van der Waals surface area contributed by atoms with Crippen molar-refractivity contribution in [2.45, 2.75) is 23.8 Å². The number of hydrogen-bond acceptors (Lipinski definition) is 3. The highest BCUT2D eigenvalue weighted by Crippen LogP contribution is 2.30. The Balaban J connectivity index is 1.53. The van der Waals surface area contributed by atoms with Crippen LogP contribution in [-0.2, 0) is 10.0 Å². The van der Waals surface area contributed by atoms with Crippen molar-refractivity contribution in [3.63, 3.8) is 0 Å². The molecule has 0 spiro atoms. The van der Waals surface area contributed by atoms with E-state index in [4.69, 9.17) is 11.6 Å². The Morgan fingerprint density at radius 2 is 1.88 bits per heavy atom. The Hall–Kier alpha value is -1.96. The van der Waals surface area contributed by atoms with Crippen LogP contribution in [0.5, 0.6) is 0 Å². The third-order valence-corrected chi connectivity index (χ3v) is 6.92. The first kappa shape index (κ1) is 17.5. The minimum atomic E-state index is -3.55. The lowest BCUT2D eigenvalue weighted by Crippen LogP contribution is -2.38. The van der Waals surface area contributed by atoms with Gasteiger partial charge in [0, 0.05) is 30.2 Å². The maximum atomic E-state index is 13.3. The third kappa shape index (κ3) is 3.11. The van der Waals surface area contributed by atoms with Crippen LogP contribution in [0.2, 0.25) is 5.02 Å². The number of aromatic nitrogens is 2. The molecule has 1 saturated heterocycles. The molecule has 0 unspecified atom stereocenters. The summed E-state index contributed by atoms with van der Waals surface area (Å²) >= 11 is 5.93. The normalized spacial score (nSPS) is 17.0. The standard InChI is InChI=1S/C18H17ClFN3O2S/c19-13-2-1-3-16(10-13)26(24,25)22-8-6-15(7-9-22)23-12-21-17-11-14(20)4-5-18(17)23/h1-5,10-12,15H,6-9H2. The Kier molecular flexibility index (Phi) is 4.46. The summed E-state index contributed by atoms with van der Waals surface area (Å²) in [6.07, 6.45) is 3.04. The Morgan fingerprint density at radius 1 is 1.12 bits per heavy atom. The van der Waals surface area contributed by atoms with Crippen molar-refractivity contribution in [2.75, 3.05) is 13.1 Å².